The van der Waals surface area contributed by atoms with Crippen molar-refractivity contribution < 1.29 is 4.79 Å². The molecule has 5 nitrogen and oxygen atoms in total. The molecule has 2 amide bonds. The largest absolute Gasteiger partial charge is 0.384 e. The van der Waals surface area contributed by atoms with Crippen molar-refractivity contribution in [2.45, 2.75) is 0 Å². The monoisotopic (exact) mass is 186 g/mol. The molecule has 0 bridgehead atoms. The van der Waals surface area contributed by atoms with Crippen molar-refractivity contribution in [3.05, 3.63) is 17.3 Å². The van der Waals surface area contributed by atoms with E-state index in [-0.39, 0.29) is 11.0 Å². The Kier molecular flexibility index (Phi) is 2.35. The van der Waals surface area contributed by atoms with E-state index in [1.807, 2.05) is 0 Å². The molecule has 0 aliphatic carbocycles. The number of anilines is 2. The summed E-state index contributed by atoms with van der Waals surface area (Å²) < 4.78 is 0. The van der Waals surface area contributed by atoms with Gasteiger partial charge in [0.15, 0.2) is 0 Å². The normalized spacial score (nSPS) is 9.42. The van der Waals surface area contributed by atoms with E-state index >= 15 is 0 Å². The van der Waals surface area contributed by atoms with Crippen LogP contribution in [0.25, 0.3) is 0 Å². The SMILES string of the molecule is NC(=O)Nc1cc(N)nc(Cl)c1. The van der Waals surface area contributed by atoms with Crippen LogP contribution in [0.15, 0.2) is 12.1 Å². The summed E-state index contributed by atoms with van der Waals surface area (Å²) in [5.74, 6) is 0.228. The molecule has 0 spiro atoms. The molecule has 0 saturated heterocycles. The molecule has 64 valence electrons. The lowest BCUT2D eigenvalue weighted by Gasteiger charge is -2.02. The van der Waals surface area contributed by atoms with Gasteiger partial charge in [-0.2, -0.15) is 0 Å². The summed E-state index contributed by atoms with van der Waals surface area (Å²) in [6.07, 6.45) is 0. The molecule has 0 fully saturated rings. The van der Waals surface area contributed by atoms with E-state index in [2.05, 4.69) is 10.3 Å². The number of hydrogen-bond donors (Lipinski definition) is 3. The highest BCUT2D eigenvalue weighted by Crippen LogP contribution is 2.15. The average Bonchev–Trinajstić information content (AvgIpc) is 1.81. The van der Waals surface area contributed by atoms with Gasteiger partial charge in [-0.15, -0.1) is 0 Å². The number of primary amides is 1. The number of halogens is 1. The number of nitrogens with two attached hydrogens (primary N) is 2. The Hall–Kier alpha value is -1.49. The first-order valence-corrected chi connectivity index (χ1v) is 3.45. The zero-order chi connectivity index (χ0) is 9.14. The van der Waals surface area contributed by atoms with E-state index in [0.717, 1.165) is 0 Å². The Morgan fingerprint density at radius 1 is 1.58 bits per heavy atom. The van der Waals surface area contributed by atoms with Gasteiger partial charge in [-0.1, -0.05) is 11.6 Å². The summed E-state index contributed by atoms with van der Waals surface area (Å²) in [6, 6.07) is 2.23. The number of nitrogens with one attached hydrogen (secondary N) is 1. The second-order valence-electron chi connectivity index (χ2n) is 2.09. The number of rotatable bonds is 1. The molecular weight excluding hydrogens is 180 g/mol. The predicted molar refractivity (Wildman–Crippen MR) is 46.9 cm³/mol. The number of hydrogen-bond acceptors (Lipinski definition) is 3. The van der Waals surface area contributed by atoms with Crippen molar-refractivity contribution in [3.8, 4) is 0 Å². The van der Waals surface area contributed by atoms with Crippen LogP contribution in [0.3, 0.4) is 0 Å². The number of carbonyl (C=O) groups is 1. The summed E-state index contributed by atoms with van der Waals surface area (Å²) in [7, 11) is 0. The summed E-state index contributed by atoms with van der Waals surface area (Å²) in [5, 5.41) is 2.53. The average molecular weight is 187 g/mol. The van der Waals surface area contributed by atoms with Crippen molar-refractivity contribution in [1.82, 2.24) is 4.98 Å². The van der Waals surface area contributed by atoms with Crippen LogP contribution in [0, 0.1) is 0 Å². The van der Waals surface area contributed by atoms with Crippen molar-refractivity contribution in [1.29, 1.82) is 0 Å². The van der Waals surface area contributed by atoms with Crippen LogP contribution in [-0.2, 0) is 0 Å². The van der Waals surface area contributed by atoms with Gasteiger partial charge in [0.25, 0.3) is 0 Å². The number of aromatic nitrogens is 1. The highest BCUT2D eigenvalue weighted by Gasteiger charge is 1.99. The molecule has 6 heteroatoms. The fourth-order valence-electron chi connectivity index (χ4n) is 0.732. The van der Waals surface area contributed by atoms with Crippen LogP contribution < -0.4 is 16.8 Å². The lowest BCUT2D eigenvalue weighted by Crippen LogP contribution is -2.19. The molecule has 1 aromatic rings. The van der Waals surface area contributed by atoms with Gasteiger partial charge in [0.05, 0.1) is 0 Å². The molecule has 1 aromatic heterocycles. The van der Waals surface area contributed by atoms with Gasteiger partial charge in [0.2, 0.25) is 0 Å². The Morgan fingerprint density at radius 2 is 2.25 bits per heavy atom. The molecule has 0 aromatic carbocycles. The van der Waals surface area contributed by atoms with Gasteiger partial charge >= 0.3 is 6.03 Å². The van der Waals surface area contributed by atoms with E-state index in [4.69, 9.17) is 23.1 Å². The van der Waals surface area contributed by atoms with Gasteiger partial charge in [-0.3, -0.25) is 0 Å². The fraction of sp³-hybridized carbons (Fsp3) is 0. The summed E-state index contributed by atoms with van der Waals surface area (Å²) >= 11 is 5.55. The van der Waals surface area contributed by atoms with E-state index in [1.54, 1.807) is 0 Å². The molecule has 0 unspecified atom stereocenters. The highest BCUT2D eigenvalue weighted by atomic mass is 35.5. The molecule has 0 saturated carbocycles. The summed E-state index contributed by atoms with van der Waals surface area (Å²) in [6.45, 7) is 0. The first-order valence-electron chi connectivity index (χ1n) is 3.07. The standard InChI is InChI=1S/C6H7ClN4O/c7-4-1-3(10-6(9)12)2-5(8)11-4/h1-2H,(H5,8,9,10,11,12). The molecule has 0 atom stereocenters. The third-order valence-electron chi connectivity index (χ3n) is 1.08. The van der Waals surface area contributed by atoms with Crippen LogP contribution in [-0.4, -0.2) is 11.0 Å². The Balaban J connectivity index is 2.93. The van der Waals surface area contributed by atoms with Crippen molar-refractivity contribution in [2.24, 2.45) is 5.73 Å². The number of nitrogen functional groups attached to an aromatic ring is 1. The minimum atomic E-state index is -0.670. The highest BCUT2D eigenvalue weighted by molar-refractivity contribution is 6.29. The maximum Gasteiger partial charge on any atom is 0.316 e. The third-order valence-corrected chi connectivity index (χ3v) is 1.28. The summed E-state index contributed by atoms with van der Waals surface area (Å²) in [4.78, 5) is 14.1. The number of amides is 2. The van der Waals surface area contributed by atoms with Crippen LogP contribution in [0.4, 0.5) is 16.3 Å². The lowest BCUT2D eigenvalue weighted by atomic mass is 10.4. The second-order valence-corrected chi connectivity index (χ2v) is 2.48. The van der Waals surface area contributed by atoms with Crippen molar-refractivity contribution >= 4 is 29.1 Å². The number of pyridine rings is 1. The van der Waals surface area contributed by atoms with E-state index < -0.39 is 6.03 Å². The molecule has 1 rings (SSSR count). The van der Waals surface area contributed by atoms with E-state index in [1.165, 1.54) is 12.1 Å². The van der Waals surface area contributed by atoms with Gasteiger partial charge < -0.3 is 16.8 Å². The minimum Gasteiger partial charge on any atom is -0.384 e. The Labute approximate surface area is 73.7 Å². The Morgan fingerprint density at radius 3 is 2.75 bits per heavy atom. The number of carbonyl (C=O) groups excluding carboxylic acids is 1. The minimum absolute atomic E-state index is 0.207. The second kappa shape index (κ2) is 3.27. The van der Waals surface area contributed by atoms with Crippen LogP contribution >= 0.6 is 11.6 Å². The molecule has 5 N–H and O–H groups in total. The summed E-state index contributed by atoms with van der Waals surface area (Å²) in [5.41, 5.74) is 10.6. The van der Waals surface area contributed by atoms with E-state index in [0.29, 0.717) is 5.69 Å². The lowest BCUT2D eigenvalue weighted by molar-refractivity contribution is 0.259. The molecule has 0 aliphatic heterocycles. The topological polar surface area (TPSA) is 94.0 Å². The fourth-order valence-corrected chi connectivity index (χ4v) is 0.947. The van der Waals surface area contributed by atoms with Gasteiger partial charge in [-0.25, -0.2) is 9.78 Å². The van der Waals surface area contributed by atoms with E-state index in [9.17, 15) is 4.79 Å². The van der Waals surface area contributed by atoms with Gasteiger partial charge in [-0.05, 0) is 6.07 Å². The predicted octanol–water partition coefficient (Wildman–Crippen LogP) is 0.808. The zero-order valence-electron chi connectivity index (χ0n) is 6.04. The quantitative estimate of drug-likeness (QED) is 0.567. The Bertz CT molecular complexity index is 294. The van der Waals surface area contributed by atoms with Crippen molar-refractivity contribution in [2.75, 3.05) is 11.1 Å². The van der Waals surface area contributed by atoms with Crippen LogP contribution in [0.5, 0.6) is 0 Å². The number of urea groups is 1. The first-order chi connectivity index (χ1) is 5.58. The van der Waals surface area contributed by atoms with Crippen molar-refractivity contribution in [3.63, 3.8) is 0 Å². The number of nitrogens with zero attached hydrogens (tertiary/aromatic N) is 1. The molecule has 12 heavy (non-hydrogen) atoms. The molecule has 0 aliphatic rings. The third kappa shape index (κ3) is 2.28. The van der Waals surface area contributed by atoms with Gasteiger partial charge in [0, 0.05) is 11.8 Å². The molecule has 0 radical (unpaired) electrons. The molecule has 1 heterocycles. The zero-order valence-corrected chi connectivity index (χ0v) is 6.80. The van der Waals surface area contributed by atoms with Crippen LogP contribution in [0.1, 0.15) is 0 Å². The molecular formula is C6H7ClN4O. The van der Waals surface area contributed by atoms with Gasteiger partial charge in [0.1, 0.15) is 11.0 Å². The maximum atomic E-state index is 10.4. The smallest absolute Gasteiger partial charge is 0.316 e. The first kappa shape index (κ1) is 8.61. The maximum absolute atomic E-state index is 10.4. The van der Waals surface area contributed by atoms with Crippen LogP contribution in [0.2, 0.25) is 5.15 Å².